The second kappa shape index (κ2) is 9.10. The van der Waals surface area contributed by atoms with Crippen LogP contribution in [0.1, 0.15) is 57.7 Å². The van der Waals surface area contributed by atoms with Crippen molar-refractivity contribution < 1.29 is 4.79 Å². The number of aromatic nitrogens is 3. The van der Waals surface area contributed by atoms with Crippen molar-refractivity contribution in [2.24, 2.45) is 13.0 Å². The number of aryl methyl sites for hydroxylation is 1. The Morgan fingerprint density at radius 1 is 1.45 bits per heavy atom. The van der Waals surface area contributed by atoms with E-state index in [1.165, 1.54) is 0 Å². The van der Waals surface area contributed by atoms with Crippen LogP contribution < -0.4 is 10.6 Å². The summed E-state index contributed by atoms with van der Waals surface area (Å²) in [6.45, 7) is 6.28. The smallest absolute Gasteiger partial charge is 0.227 e. The molecule has 1 atom stereocenters. The lowest BCUT2D eigenvalue weighted by Gasteiger charge is -2.19. The van der Waals surface area contributed by atoms with Gasteiger partial charge in [-0.05, 0) is 31.8 Å². The van der Waals surface area contributed by atoms with Crippen LogP contribution in [0.3, 0.4) is 0 Å². The molecule has 1 aliphatic rings. The predicted octanol–water partition coefficient (Wildman–Crippen LogP) is 2.47. The fraction of sp³-hybridized carbons (Fsp3) is 0.800. The van der Waals surface area contributed by atoms with Gasteiger partial charge in [0.15, 0.2) is 5.82 Å². The predicted molar refractivity (Wildman–Crippen MR) is 90.4 cm³/mol. The zero-order chi connectivity index (χ0) is 15.2. The zero-order valence-electron chi connectivity index (χ0n) is 13.8. The van der Waals surface area contributed by atoms with Gasteiger partial charge in [0.1, 0.15) is 0 Å². The van der Waals surface area contributed by atoms with Gasteiger partial charge in [0.2, 0.25) is 11.9 Å². The van der Waals surface area contributed by atoms with E-state index in [1.807, 2.05) is 7.05 Å². The largest absolute Gasteiger partial charge is 0.317 e. The fourth-order valence-corrected chi connectivity index (χ4v) is 2.85. The van der Waals surface area contributed by atoms with Crippen molar-refractivity contribution in [1.29, 1.82) is 0 Å². The number of carbonyl (C=O) groups is 1. The van der Waals surface area contributed by atoms with Crippen LogP contribution in [-0.4, -0.2) is 33.8 Å². The molecule has 126 valence electrons. The van der Waals surface area contributed by atoms with E-state index in [-0.39, 0.29) is 18.3 Å². The monoisotopic (exact) mass is 329 g/mol. The topological polar surface area (TPSA) is 71.8 Å². The number of halogens is 1. The molecular weight excluding hydrogens is 302 g/mol. The Hall–Kier alpha value is -1.14. The van der Waals surface area contributed by atoms with Gasteiger partial charge in [-0.25, -0.2) is 4.68 Å². The Balaban J connectivity index is 0.00000242. The first-order valence-corrected chi connectivity index (χ1v) is 8.01. The zero-order valence-corrected chi connectivity index (χ0v) is 14.6. The number of rotatable bonds is 6. The van der Waals surface area contributed by atoms with Crippen molar-refractivity contribution in [2.75, 3.05) is 18.4 Å². The number of anilines is 1. The van der Waals surface area contributed by atoms with E-state index in [0.717, 1.165) is 44.6 Å². The summed E-state index contributed by atoms with van der Waals surface area (Å²) >= 11 is 0. The molecule has 1 fully saturated rings. The number of hydrogen-bond donors (Lipinski definition) is 2. The van der Waals surface area contributed by atoms with Gasteiger partial charge in [-0.3, -0.25) is 10.1 Å². The molecule has 0 bridgehead atoms. The van der Waals surface area contributed by atoms with Gasteiger partial charge in [-0.15, -0.1) is 12.4 Å². The van der Waals surface area contributed by atoms with Crippen molar-refractivity contribution in [3.63, 3.8) is 0 Å². The summed E-state index contributed by atoms with van der Waals surface area (Å²) in [7, 11) is 1.84. The van der Waals surface area contributed by atoms with E-state index in [2.05, 4.69) is 34.6 Å². The molecule has 2 rings (SSSR count). The van der Waals surface area contributed by atoms with Crippen LogP contribution in [0.25, 0.3) is 0 Å². The molecule has 0 aromatic carbocycles. The van der Waals surface area contributed by atoms with Gasteiger partial charge in [-0.2, -0.15) is 10.1 Å². The average Bonchev–Trinajstić information content (AvgIpc) is 2.81. The Morgan fingerprint density at radius 3 is 2.77 bits per heavy atom. The molecule has 1 amide bonds. The summed E-state index contributed by atoms with van der Waals surface area (Å²) in [6.07, 6.45) is 4.85. The maximum absolute atomic E-state index is 12.0. The Kier molecular flexibility index (Phi) is 7.82. The van der Waals surface area contributed by atoms with Crippen molar-refractivity contribution in [2.45, 2.75) is 51.9 Å². The SMILES string of the molecule is CCCC(C)CC(=O)Nc1nc(C2CCNCC2)nn1C.Cl. The molecule has 0 aliphatic carbocycles. The van der Waals surface area contributed by atoms with Crippen LogP contribution in [0.2, 0.25) is 0 Å². The van der Waals surface area contributed by atoms with Crippen molar-refractivity contribution in [3.05, 3.63) is 5.82 Å². The Morgan fingerprint density at radius 2 is 2.14 bits per heavy atom. The molecule has 1 aliphatic heterocycles. The molecular formula is C15H28ClN5O. The fourth-order valence-electron chi connectivity index (χ4n) is 2.85. The van der Waals surface area contributed by atoms with Gasteiger partial charge in [-0.1, -0.05) is 26.7 Å². The molecule has 1 aromatic heterocycles. The number of amides is 1. The van der Waals surface area contributed by atoms with E-state index in [1.54, 1.807) is 4.68 Å². The molecule has 0 saturated carbocycles. The Labute approximate surface area is 138 Å². The van der Waals surface area contributed by atoms with Gasteiger partial charge >= 0.3 is 0 Å². The van der Waals surface area contributed by atoms with Crippen LogP contribution in [0.4, 0.5) is 5.95 Å². The van der Waals surface area contributed by atoms with Crippen molar-refractivity contribution in [1.82, 2.24) is 20.1 Å². The van der Waals surface area contributed by atoms with Gasteiger partial charge in [0, 0.05) is 19.4 Å². The Bertz CT molecular complexity index is 470. The highest BCUT2D eigenvalue weighted by Gasteiger charge is 2.21. The second-order valence-electron chi connectivity index (χ2n) is 6.09. The van der Waals surface area contributed by atoms with Gasteiger partial charge in [0.05, 0.1) is 0 Å². The highest BCUT2D eigenvalue weighted by molar-refractivity contribution is 5.89. The number of carbonyl (C=O) groups excluding carboxylic acids is 1. The molecule has 2 heterocycles. The molecule has 0 spiro atoms. The third-order valence-corrected chi connectivity index (χ3v) is 4.05. The minimum Gasteiger partial charge on any atom is -0.317 e. The summed E-state index contributed by atoms with van der Waals surface area (Å²) in [5.41, 5.74) is 0. The van der Waals surface area contributed by atoms with E-state index in [4.69, 9.17) is 0 Å². The van der Waals surface area contributed by atoms with Crippen molar-refractivity contribution >= 4 is 24.3 Å². The normalized spacial score (nSPS) is 16.9. The summed E-state index contributed by atoms with van der Waals surface area (Å²) < 4.78 is 1.68. The third-order valence-electron chi connectivity index (χ3n) is 4.05. The number of nitrogens with one attached hydrogen (secondary N) is 2. The molecule has 2 N–H and O–H groups in total. The van der Waals surface area contributed by atoms with E-state index >= 15 is 0 Å². The first kappa shape index (κ1) is 18.9. The quantitative estimate of drug-likeness (QED) is 0.841. The lowest BCUT2D eigenvalue weighted by atomic mass is 9.98. The lowest BCUT2D eigenvalue weighted by Crippen LogP contribution is -2.27. The molecule has 7 heteroatoms. The van der Waals surface area contributed by atoms with Crippen LogP contribution in [-0.2, 0) is 11.8 Å². The van der Waals surface area contributed by atoms with Crippen LogP contribution >= 0.6 is 12.4 Å². The maximum Gasteiger partial charge on any atom is 0.227 e. The molecule has 1 unspecified atom stereocenters. The first-order valence-electron chi connectivity index (χ1n) is 8.01. The third kappa shape index (κ3) is 5.25. The number of piperidine rings is 1. The average molecular weight is 330 g/mol. The molecule has 6 nitrogen and oxygen atoms in total. The lowest BCUT2D eigenvalue weighted by molar-refractivity contribution is -0.117. The maximum atomic E-state index is 12.0. The van der Waals surface area contributed by atoms with Crippen molar-refractivity contribution in [3.8, 4) is 0 Å². The number of hydrogen-bond acceptors (Lipinski definition) is 4. The standard InChI is InChI=1S/C15H27N5O.ClH/c1-4-5-11(2)10-13(21)17-15-18-14(19-20(15)3)12-6-8-16-9-7-12;/h11-12,16H,4-10H2,1-3H3,(H,17,18,19,21);1H. The minimum absolute atomic E-state index is 0. The highest BCUT2D eigenvalue weighted by atomic mass is 35.5. The summed E-state index contributed by atoms with van der Waals surface area (Å²) in [5, 5.41) is 10.7. The molecule has 22 heavy (non-hydrogen) atoms. The van der Waals surface area contributed by atoms with E-state index < -0.39 is 0 Å². The number of nitrogens with zero attached hydrogens (tertiary/aromatic N) is 3. The minimum atomic E-state index is 0. The van der Waals surface area contributed by atoms with Crippen LogP contribution in [0.5, 0.6) is 0 Å². The first-order chi connectivity index (χ1) is 10.1. The van der Waals surface area contributed by atoms with E-state index in [0.29, 0.717) is 24.2 Å². The molecule has 1 saturated heterocycles. The molecule has 0 radical (unpaired) electrons. The van der Waals surface area contributed by atoms with E-state index in [9.17, 15) is 4.79 Å². The summed E-state index contributed by atoms with van der Waals surface area (Å²) in [4.78, 5) is 16.6. The molecule has 1 aromatic rings. The second-order valence-corrected chi connectivity index (χ2v) is 6.09. The van der Waals surface area contributed by atoms with Gasteiger partial charge < -0.3 is 5.32 Å². The van der Waals surface area contributed by atoms with Crippen LogP contribution in [0.15, 0.2) is 0 Å². The van der Waals surface area contributed by atoms with Crippen LogP contribution in [0, 0.1) is 5.92 Å². The summed E-state index contributed by atoms with van der Waals surface area (Å²) in [5.74, 6) is 2.27. The van der Waals surface area contributed by atoms with Gasteiger partial charge in [0.25, 0.3) is 0 Å². The summed E-state index contributed by atoms with van der Waals surface area (Å²) in [6, 6.07) is 0. The highest BCUT2D eigenvalue weighted by Crippen LogP contribution is 2.23.